The predicted octanol–water partition coefficient (Wildman–Crippen LogP) is -0.118. The number of fused-ring (bicyclic) bond motifs is 1. The van der Waals surface area contributed by atoms with Gasteiger partial charge in [0.25, 0.3) is 0 Å². The zero-order chi connectivity index (χ0) is 7.68. The molecule has 0 saturated carbocycles. The fourth-order valence-electron chi connectivity index (χ4n) is 1.29. The third kappa shape index (κ3) is 1.11. The fraction of sp³-hybridized carbons (Fsp3) is 0.429. The Kier molecular flexibility index (Phi) is 1.38. The summed E-state index contributed by atoms with van der Waals surface area (Å²) in [4.78, 5) is 14.8. The van der Waals surface area contributed by atoms with E-state index >= 15 is 0 Å². The average molecular weight is 151 g/mol. The van der Waals surface area contributed by atoms with E-state index in [4.69, 9.17) is 0 Å². The molecule has 2 aliphatic rings. The number of nitrogens with one attached hydrogen (secondary N) is 2. The van der Waals surface area contributed by atoms with E-state index < -0.39 is 0 Å². The molecule has 2 unspecified atom stereocenters. The minimum absolute atomic E-state index is 0.0915. The Hall–Kier alpha value is -1.32. The van der Waals surface area contributed by atoms with Gasteiger partial charge in [-0.05, 0) is 6.08 Å². The lowest BCUT2D eigenvalue weighted by molar-refractivity contribution is 0.228. The first-order chi connectivity index (χ1) is 5.36. The molecule has 1 saturated heterocycles. The number of hydrogen-bond donors (Lipinski definition) is 2. The second-order valence-electron chi connectivity index (χ2n) is 2.68. The Morgan fingerprint density at radius 3 is 3.45 bits per heavy atom. The van der Waals surface area contributed by atoms with Crippen molar-refractivity contribution >= 4 is 12.2 Å². The number of carbonyl (C=O) groups excluding carboxylic acids is 1. The molecule has 4 nitrogen and oxygen atoms in total. The number of urea groups is 1. The van der Waals surface area contributed by atoms with Gasteiger partial charge in [-0.2, -0.15) is 0 Å². The molecular formula is C7H9N3O. The zero-order valence-corrected chi connectivity index (χ0v) is 5.95. The molecule has 0 aromatic heterocycles. The van der Waals surface area contributed by atoms with E-state index in [2.05, 4.69) is 15.6 Å². The van der Waals surface area contributed by atoms with Gasteiger partial charge in [-0.15, -0.1) is 0 Å². The van der Waals surface area contributed by atoms with Crippen LogP contribution in [0, 0.1) is 5.92 Å². The SMILES string of the molecule is O=C1NCC2C=NC=CC2N1. The van der Waals surface area contributed by atoms with Crippen LogP contribution in [0.1, 0.15) is 0 Å². The molecular weight excluding hydrogens is 142 g/mol. The molecule has 0 aromatic rings. The van der Waals surface area contributed by atoms with Crippen LogP contribution in [0.2, 0.25) is 0 Å². The van der Waals surface area contributed by atoms with Crippen LogP contribution in [0.15, 0.2) is 17.3 Å². The summed E-state index contributed by atoms with van der Waals surface area (Å²) in [6, 6.07) is 0.0486. The van der Waals surface area contributed by atoms with Gasteiger partial charge in [-0.25, -0.2) is 4.79 Å². The Balaban J connectivity index is 2.12. The van der Waals surface area contributed by atoms with Gasteiger partial charge in [0.05, 0.1) is 6.04 Å². The summed E-state index contributed by atoms with van der Waals surface area (Å²) in [7, 11) is 0. The molecule has 11 heavy (non-hydrogen) atoms. The van der Waals surface area contributed by atoms with Crippen LogP contribution in [0.25, 0.3) is 0 Å². The average Bonchev–Trinajstić information content (AvgIpc) is 2.04. The normalized spacial score (nSPS) is 34.0. The molecule has 1 fully saturated rings. The second-order valence-corrected chi connectivity index (χ2v) is 2.68. The van der Waals surface area contributed by atoms with Crippen molar-refractivity contribution in [3.05, 3.63) is 12.3 Å². The van der Waals surface area contributed by atoms with Gasteiger partial charge in [0, 0.05) is 24.9 Å². The third-order valence-electron chi connectivity index (χ3n) is 1.91. The standard InChI is InChI=1S/C7H9N3O/c11-7-9-4-5-3-8-2-1-6(5)10-7/h1-3,5-6H,4H2,(H2,9,10,11). The Morgan fingerprint density at radius 2 is 2.55 bits per heavy atom. The summed E-state index contributed by atoms with van der Waals surface area (Å²) in [5.74, 6) is 0.317. The van der Waals surface area contributed by atoms with Gasteiger partial charge < -0.3 is 10.6 Å². The molecule has 0 spiro atoms. The first kappa shape index (κ1) is 6.39. The van der Waals surface area contributed by atoms with Gasteiger partial charge in [0.15, 0.2) is 0 Å². The highest BCUT2D eigenvalue weighted by molar-refractivity contribution is 5.78. The van der Waals surface area contributed by atoms with Gasteiger partial charge >= 0.3 is 6.03 Å². The molecule has 2 N–H and O–H groups in total. The van der Waals surface area contributed by atoms with E-state index in [0.717, 1.165) is 0 Å². The van der Waals surface area contributed by atoms with Crippen molar-refractivity contribution in [2.75, 3.05) is 6.54 Å². The molecule has 2 heterocycles. The lowest BCUT2D eigenvalue weighted by atomic mass is 9.98. The van der Waals surface area contributed by atoms with E-state index in [1.165, 1.54) is 0 Å². The molecule has 0 aromatic carbocycles. The van der Waals surface area contributed by atoms with Crippen molar-refractivity contribution < 1.29 is 4.79 Å². The topological polar surface area (TPSA) is 53.5 Å². The van der Waals surface area contributed by atoms with Crippen LogP contribution in [-0.2, 0) is 0 Å². The van der Waals surface area contributed by atoms with E-state index in [0.29, 0.717) is 12.5 Å². The molecule has 2 aliphatic heterocycles. The Labute approximate surface area is 64.4 Å². The molecule has 0 bridgehead atoms. The molecule has 2 atom stereocenters. The smallest absolute Gasteiger partial charge is 0.315 e. The molecule has 58 valence electrons. The number of aliphatic imine (C=N–C) groups is 1. The lowest BCUT2D eigenvalue weighted by Crippen LogP contribution is -2.55. The van der Waals surface area contributed by atoms with Crippen molar-refractivity contribution in [1.29, 1.82) is 0 Å². The largest absolute Gasteiger partial charge is 0.337 e. The quantitative estimate of drug-likeness (QED) is 0.498. The minimum Gasteiger partial charge on any atom is -0.337 e. The molecule has 0 aliphatic carbocycles. The van der Waals surface area contributed by atoms with Crippen LogP contribution >= 0.6 is 0 Å². The van der Waals surface area contributed by atoms with Crippen molar-refractivity contribution in [2.24, 2.45) is 10.9 Å². The van der Waals surface area contributed by atoms with Crippen molar-refractivity contribution in [3.8, 4) is 0 Å². The third-order valence-corrected chi connectivity index (χ3v) is 1.91. The van der Waals surface area contributed by atoms with Crippen molar-refractivity contribution in [3.63, 3.8) is 0 Å². The molecule has 4 heteroatoms. The minimum atomic E-state index is -0.0915. The highest BCUT2D eigenvalue weighted by Gasteiger charge is 2.25. The number of hydrogen-bond acceptors (Lipinski definition) is 2. The highest BCUT2D eigenvalue weighted by atomic mass is 16.2. The van der Waals surface area contributed by atoms with E-state index in [1.807, 2.05) is 12.3 Å². The number of nitrogens with zero attached hydrogens (tertiary/aromatic N) is 1. The number of carbonyl (C=O) groups is 1. The van der Waals surface area contributed by atoms with Crippen molar-refractivity contribution in [1.82, 2.24) is 10.6 Å². The fourth-order valence-corrected chi connectivity index (χ4v) is 1.29. The summed E-state index contributed by atoms with van der Waals surface area (Å²) < 4.78 is 0. The summed E-state index contributed by atoms with van der Waals surface area (Å²) in [6.07, 6.45) is 5.48. The Bertz CT molecular complexity index is 234. The second kappa shape index (κ2) is 2.38. The molecule has 0 radical (unpaired) electrons. The number of amides is 2. The van der Waals surface area contributed by atoms with E-state index in [1.54, 1.807) is 6.20 Å². The van der Waals surface area contributed by atoms with Crippen LogP contribution in [0.5, 0.6) is 0 Å². The van der Waals surface area contributed by atoms with Gasteiger partial charge in [0.1, 0.15) is 0 Å². The van der Waals surface area contributed by atoms with Gasteiger partial charge in [-0.3, -0.25) is 4.99 Å². The first-order valence-corrected chi connectivity index (χ1v) is 3.60. The maximum atomic E-state index is 10.8. The first-order valence-electron chi connectivity index (χ1n) is 3.60. The van der Waals surface area contributed by atoms with Gasteiger partial charge in [0.2, 0.25) is 0 Å². The summed E-state index contributed by atoms with van der Waals surface area (Å²) in [5.41, 5.74) is 0. The van der Waals surface area contributed by atoms with Crippen molar-refractivity contribution in [2.45, 2.75) is 6.04 Å². The van der Waals surface area contributed by atoms with Crippen LogP contribution in [-0.4, -0.2) is 24.8 Å². The van der Waals surface area contributed by atoms with Crippen LogP contribution < -0.4 is 10.6 Å². The highest BCUT2D eigenvalue weighted by Crippen LogP contribution is 2.09. The van der Waals surface area contributed by atoms with E-state index in [9.17, 15) is 4.79 Å². The maximum absolute atomic E-state index is 10.8. The maximum Gasteiger partial charge on any atom is 0.315 e. The summed E-state index contributed by atoms with van der Waals surface area (Å²) in [5, 5.41) is 5.50. The zero-order valence-electron chi connectivity index (χ0n) is 5.95. The summed E-state index contributed by atoms with van der Waals surface area (Å²) in [6.45, 7) is 0.685. The predicted molar refractivity (Wildman–Crippen MR) is 41.4 cm³/mol. The number of rotatable bonds is 0. The van der Waals surface area contributed by atoms with Crippen LogP contribution in [0.4, 0.5) is 4.79 Å². The van der Waals surface area contributed by atoms with Gasteiger partial charge in [-0.1, -0.05) is 0 Å². The van der Waals surface area contributed by atoms with E-state index in [-0.39, 0.29) is 12.1 Å². The monoisotopic (exact) mass is 151 g/mol. The molecule has 2 amide bonds. The van der Waals surface area contributed by atoms with Crippen LogP contribution in [0.3, 0.4) is 0 Å². The molecule has 2 rings (SSSR count). The summed E-state index contributed by atoms with van der Waals surface area (Å²) >= 11 is 0. The Morgan fingerprint density at radius 1 is 1.64 bits per heavy atom. The lowest BCUT2D eigenvalue weighted by Gasteiger charge is -2.29.